The zero-order chi connectivity index (χ0) is 23.1. The first-order chi connectivity index (χ1) is 16.0. The molecule has 1 aliphatic rings. The smallest absolute Gasteiger partial charge is 0.242 e. The molecule has 0 amide bonds. The summed E-state index contributed by atoms with van der Waals surface area (Å²) in [5.41, 5.74) is 2.14. The summed E-state index contributed by atoms with van der Waals surface area (Å²) >= 11 is 6.09. The van der Waals surface area contributed by atoms with Gasteiger partial charge in [-0.1, -0.05) is 11.6 Å². The summed E-state index contributed by atoms with van der Waals surface area (Å²) in [6.07, 6.45) is 5.60. The first kappa shape index (κ1) is 24.0. The summed E-state index contributed by atoms with van der Waals surface area (Å²) in [5, 5.41) is 5.09. The SMILES string of the molecule is O=S(=O)(NCCCc1c[nH]c2ccc(Cl)cc12)c1ccc(OCCCN2CCNCC2)nc1. The van der Waals surface area contributed by atoms with Gasteiger partial charge >= 0.3 is 0 Å². The molecule has 8 nitrogen and oxygen atoms in total. The predicted octanol–water partition coefficient (Wildman–Crippen LogP) is 2.80. The van der Waals surface area contributed by atoms with Crippen LogP contribution in [0, 0.1) is 0 Å². The molecule has 2 aromatic heterocycles. The van der Waals surface area contributed by atoms with Gasteiger partial charge < -0.3 is 19.9 Å². The van der Waals surface area contributed by atoms with E-state index in [9.17, 15) is 8.42 Å². The molecule has 0 saturated carbocycles. The molecule has 1 aliphatic heterocycles. The fourth-order valence-electron chi connectivity index (χ4n) is 3.94. The predicted molar refractivity (Wildman–Crippen MR) is 130 cm³/mol. The third-order valence-corrected chi connectivity index (χ3v) is 7.42. The maximum absolute atomic E-state index is 12.6. The zero-order valence-corrected chi connectivity index (χ0v) is 20.1. The third-order valence-electron chi connectivity index (χ3n) is 5.74. The highest BCUT2D eigenvalue weighted by Gasteiger charge is 2.15. The minimum atomic E-state index is -3.62. The number of aromatic nitrogens is 2. The number of hydrogen-bond donors (Lipinski definition) is 3. The summed E-state index contributed by atoms with van der Waals surface area (Å²) in [5.74, 6) is 0.437. The zero-order valence-electron chi connectivity index (χ0n) is 18.5. The van der Waals surface area contributed by atoms with Crippen LogP contribution in [0.4, 0.5) is 0 Å². The van der Waals surface area contributed by atoms with Gasteiger partial charge in [0.2, 0.25) is 15.9 Å². The lowest BCUT2D eigenvalue weighted by Crippen LogP contribution is -2.43. The molecule has 1 fully saturated rings. The van der Waals surface area contributed by atoms with E-state index >= 15 is 0 Å². The standard InChI is InChI=1S/C23H30ClN5O3S/c24-19-4-6-22-21(15-19)18(16-26-22)3-1-8-28-33(30,31)20-5-7-23(27-17-20)32-14-2-11-29-12-9-25-10-13-29/h4-7,15-17,25-26,28H,1-3,8-14H2. The average Bonchev–Trinajstić information content (AvgIpc) is 3.22. The van der Waals surface area contributed by atoms with Gasteiger partial charge in [-0.3, -0.25) is 0 Å². The Balaban J connectivity index is 1.20. The highest BCUT2D eigenvalue weighted by Crippen LogP contribution is 2.23. The Bertz CT molecular complexity index is 1140. The highest BCUT2D eigenvalue weighted by atomic mass is 35.5. The summed E-state index contributed by atoms with van der Waals surface area (Å²) in [4.78, 5) is 9.91. The number of H-pyrrole nitrogens is 1. The van der Waals surface area contributed by atoms with E-state index < -0.39 is 10.0 Å². The molecule has 0 atom stereocenters. The van der Waals surface area contributed by atoms with Gasteiger partial charge in [0.05, 0.1) is 12.8 Å². The number of pyridine rings is 1. The van der Waals surface area contributed by atoms with Crippen molar-refractivity contribution in [3.63, 3.8) is 0 Å². The van der Waals surface area contributed by atoms with Crippen molar-refractivity contribution in [3.8, 4) is 5.88 Å². The molecule has 178 valence electrons. The molecule has 1 saturated heterocycles. The Morgan fingerprint density at radius 1 is 1.15 bits per heavy atom. The Morgan fingerprint density at radius 2 is 2.00 bits per heavy atom. The molecule has 10 heteroatoms. The first-order valence-electron chi connectivity index (χ1n) is 11.3. The Kier molecular flexibility index (Phi) is 8.21. The van der Waals surface area contributed by atoms with Gasteiger partial charge in [0.25, 0.3) is 0 Å². The molecular formula is C23H30ClN5O3S. The summed E-state index contributed by atoms with van der Waals surface area (Å²) in [6, 6.07) is 8.85. The van der Waals surface area contributed by atoms with Crippen molar-refractivity contribution in [1.29, 1.82) is 0 Å². The number of rotatable bonds is 11. The molecule has 4 rings (SSSR count). The first-order valence-corrected chi connectivity index (χ1v) is 13.1. The van der Waals surface area contributed by atoms with Crippen LogP contribution in [0.3, 0.4) is 0 Å². The van der Waals surface area contributed by atoms with E-state index in [0.717, 1.165) is 62.0 Å². The number of ether oxygens (including phenoxy) is 1. The van der Waals surface area contributed by atoms with Crippen molar-refractivity contribution in [2.24, 2.45) is 0 Å². The molecule has 0 bridgehead atoms. The average molecular weight is 492 g/mol. The van der Waals surface area contributed by atoms with Crippen molar-refractivity contribution in [1.82, 2.24) is 24.9 Å². The fourth-order valence-corrected chi connectivity index (χ4v) is 5.13. The van der Waals surface area contributed by atoms with Crippen molar-refractivity contribution < 1.29 is 13.2 Å². The number of piperazine rings is 1. The largest absolute Gasteiger partial charge is 0.478 e. The van der Waals surface area contributed by atoms with E-state index in [0.29, 0.717) is 30.5 Å². The Morgan fingerprint density at radius 3 is 2.79 bits per heavy atom. The maximum atomic E-state index is 12.6. The van der Waals surface area contributed by atoms with Crippen LogP contribution < -0.4 is 14.8 Å². The van der Waals surface area contributed by atoms with E-state index in [1.54, 1.807) is 6.07 Å². The Labute approximate surface area is 199 Å². The second-order valence-electron chi connectivity index (χ2n) is 8.13. The number of benzene rings is 1. The van der Waals surface area contributed by atoms with Gasteiger partial charge in [-0.25, -0.2) is 18.1 Å². The van der Waals surface area contributed by atoms with Crippen LogP contribution in [0.25, 0.3) is 10.9 Å². The minimum Gasteiger partial charge on any atom is -0.478 e. The number of nitrogens with zero attached hydrogens (tertiary/aromatic N) is 2. The second kappa shape index (κ2) is 11.3. The van der Waals surface area contributed by atoms with E-state index in [2.05, 4.69) is 24.9 Å². The quantitative estimate of drug-likeness (QED) is 0.357. The van der Waals surface area contributed by atoms with Gasteiger partial charge in [0.1, 0.15) is 4.90 Å². The molecule has 3 aromatic rings. The molecule has 3 heterocycles. The normalized spacial score (nSPS) is 15.2. The molecule has 0 aliphatic carbocycles. The number of hydrogen-bond acceptors (Lipinski definition) is 6. The number of aryl methyl sites for hydroxylation is 1. The molecule has 0 radical (unpaired) electrons. The van der Waals surface area contributed by atoms with E-state index in [-0.39, 0.29) is 4.90 Å². The van der Waals surface area contributed by atoms with Crippen LogP contribution in [-0.4, -0.2) is 69.2 Å². The van der Waals surface area contributed by atoms with E-state index in [1.165, 1.54) is 12.3 Å². The topological polar surface area (TPSA) is 99.3 Å². The summed E-state index contributed by atoms with van der Waals surface area (Å²) < 4.78 is 33.5. The summed E-state index contributed by atoms with van der Waals surface area (Å²) in [7, 11) is -3.62. The lowest BCUT2D eigenvalue weighted by atomic mass is 10.1. The van der Waals surface area contributed by atoms with Crippen molar-refractivity contribution >= 4 is 32.5 Å². The van der Waals surface area contributed by atoms with Gasteiger partial charge in [0.15, 0.2) is 0 Å². The number of aromatic amines is 1. The van der Waals surface area contributed by atoms with Crippen molar-refractivity contribution in [2.75, 3.05) is 45.9 Å². The number of nitrogens with one attached hydrogen (secondary N) is 3. The molecule has 1 aromatic carbocycles. The number of fused-ring (bicyclic) bond motifs is 1. The maximum Gasteiger partial charge on any atom is 0.242 e. The van der Waals surface area contributed by atoms with Crippen molar-refractivity contribution in [2.45, 2.75) is 24.2 Å². The summed E-state index contributed by atoms with van der Waals surface area (Å²) in [6.45, 7) is 6.07. The lowest BCUT2D eigenvalue weighted by Gasteiger charge is -2.26. The molecule has 33 heavy (non-hydrogen) atoms. The molecular weight excluding hydrogens is 462 g/mol. The van der Waals surface area contributed by atoms with Crippen LogP contribution in [0.2, 0.25) is 5.02 Å². The minimum absolute atomic E-state index is 0.134. The fraction of sp³-hybridized carbons (Fsp3) is 0.435. The Hall–Kier alpha value is -2.17. The van der Waals surface area contributed by atoms with Crippen LogP contribution in [0.5, 0.6) is 5.88 Å². The van der Waals surface area contributed by atoms with Crippen LogP contribution in [0.15, 0.2) is 47.6 Å². The lowest BCUT2D eigenvalue weighted by molar-refractivity contribution is 0.211. The third kappa shape index (κ3) is 6.68. The number of halogens is 1. The van der Waals surface area contributed by atoms with Crippen molar-refractivity contribution in [3.05, 3.63) is 53.3 Å². The molecule has 3 N–H and O–H groups in total. The highest BCUT2D eigenvalue weighted by molar-refractivity contribution is 7.89. The molecule has 0 unspecified atom stereocenters. The number of sulfonamides is 1. The van der Waals surface area contributed by atoms with Gasteiger partial charge in [0, 0.05) is 67.5 Å². The van der Waals surface area contributed by atoms with Crippen LogP contribution >= 0.6 is 11.6 Å². The van der Waals surface area contributed by atoms with Gasteiger partial charge in [-0.15, -0.1) is 0 Å². The molecule has 0 spiro atoms. The van der Waals surface area contributed by atoms with Crippen LogP contribution in [-0.2, 0) is 16.4 Å². The van der Waals surface area contributed by atoms with E-state index in [1.807, 2.05) is 24.4 Å². The van der Waals surface area contributed by atoms with Crippen LogP contribution in [0.1, 0.15) is 18.4 Å². The monoisotopic (exact) mass is 491 g/mol. The second-order valence-corrected chi connectivity index (χ2v) is 10.3. The van der Waals surface area contributed by atoms with E-state index in [4.69, 9.17) is 16.3 Å². The van der Waals surface area contributed by atoms with Gasteiger partial charge in [-0.05, 0) is 49.1 Å². The van der Waals surface area contributed by atoms with Gasteiger partial charge in [-0.2, -0.15) is 0 Å².